The second-order valence-corrected chi connectivity index (χ2v) is 6.11. The summed E-state index contributed by atoms with van der Waals surface area (Å²) in [7, 11) is -8.27. The van der Waals surface area contributed by atoms with Crippen LogP contribution in [-0.2, 0) is 20.2 Å². The van der Waals surface area contributed by atoms with Crippen LogP contribution in [0.4, 0.5) is 0 Å². The van der Waals surface area contributed by atoms with Gasteiger partial charge in [0.15, 0.2) is 0 Å². The van der Waals surface area contributed by atoms with Crippen LogP contribution in [0.3, 0.4) is 0 Å². The molecule has 0 fully saturated rings. The van der Waals surface area contributed by atoms with Gasteiger partial charge in [0, 0.05) is 0 Å². The molecule has 1 aromatic carbocycles. The number of benzene rings is 1. The molecule has 8 heteroatoms. The molecule has 0 aliphatic carbocycles. The molecule has 2 N–H and O–H groups in total. The highest BCUT2D eigenvalue weighted by Crippen LogP contribution is 2.11. The van der Waals surface area contributed by atoms with E-state index in [9.17, 15) is 16.8 Å². The lowest BCUT2D eigenvalue weighted by Crippen LogP contribution is -2.00. The average Bonchev–Trinajstić information content (AvgIpc) is 2.15. The first-order chi connectivity index (χ1) is 7.68. The lowest BCUT2D eigenvalue weighted by Gasteiger charge is -1.97. The Hall–Kier alpha value is -1.22. The van der Waals surface area contributed by atoms with Crippen molar-refractivity contribution in [2.45, 2.75) is 4.90 Å². The molecule has 0 saturated heterocycles. The minimum Gasteiger partial charge on any atom is -0.285 e. The Morgan fingerprint density at radius 3 is 1.94 bits per heavy atom. The minimum absolute atomic E-state index is 0.246. The Balaban J connectivity index is 2.83. The number of hydrogen-bond donors (Lipinski definition) is 2. The zero-order chi connectivity index (χ0) is 13.1. The van der Waals surface area contributed by atoms with Gasteiger partial charge < -0.3 is 0 Å². The second kappa shape index (κ2) is 4.96. The summed E-state index contributed by atoms with van der Waals surface area (Å²) in [5.74, 6) is -0.521. The van der Waals surface area contributed by atoms with Crippen molar-refractivity contribution in [1.29, 1.82) is 0 Å². The van der Waals surface area contributed by atoms with Gasteiger partial charge in [0.2, 0.25) is 0 Å². The molecule has 0 heterocycles. The first-order valence-electron chi connectivity index (χ1n) is 4.38. The van der Waals surface area contributed by atoms with E-state index in [4.69, 9.17) is 9.11 Å². The minimum atomic E-state index is -4.22. The maximum atomic E-state index is 10.7. The van der Waals surface area contributed by atoms with Gasteiger partial charge in [-0.25, -0.2) is 0 Å². The lowest BCUT2D eigenvalue weighted by atomic mass is 10.2. The average molecular weight is 278 g/mol. The van der Waals surface area contributed by atoms with Gasteiger partial charge in [0.05, 0.1) is 10.6 Å². The molecule has 0 atom stereocenters. The highest BCUT2D eigenvalue weighted by Gasteiger charge is 2.07. The van der Waals surface area contributed by atoms with Crippen LogP contribution in [0.2, 0.25) is 0 Å². The first-order valence-corrected chi connectivity index (χ1v) is 7.43. The normalized spacial score (nSPS) is 13.1. The Kier molecular flexibility index (Phi) is 4.04. The largest absolute Gasteiger partial charge is 0.294 e. The van der Waals surface area contributed by atoms with E-state index in [1.165, 1.54) is 36.4 Å². The number of hydrogen-bond acceptors (Lipinski definition) is 4. The maximum absolute atomic E-state index is 10.7. The summed E-state index contributed by atoms with van der Waals surface area (Å²) in [6.07, 6.45) is 2.62. The van der Waals surface area contributed by atoms with E-state index in [2.05, 4.69) is 0 Å². The van der Waals surface area contributed by atoms with E-state index in [0.717, 1.165) is 0 Å². The third kappa shape index (κ3) is 5.09. The molecule has 1 rings (SSSR count). The van der Waals surface area contributed by atoms with Crippen molar-refractivity contribution in [2.24, 2.45) is 0 Å². The predicted octanol–water partition coefficient (Wildman–Crippen LogP) is 0.834. The van der Waals surface area contributed by atoms with Crippen molar-refractivity contribution in [3.8, 4) is 0 Å². The molecule has 94 valence electrons. The summed E-state index contributed by atoms with van der Waals surface area (Å²) in [6.45, 7) is 0. The van der Waals surface area contributed by atoms with E-state index >= 15 is 0 Å². The molecule has 0 saturated carbocycles. The van der Waals surface area contributed by atoms with Gasteiger partial charge in [-0.2, -0.15) is 16.8 Å². The molecule has 0 aromatic heterocycles. The van der Waals surface area contributed by atoms with Crippen molar-refractivity contribution < 1.29 is 25.9 Å². The summed E-state index contributed by atoms with van der Waals surface area (Å²) < 4.78 is 59.4. The zero-order valence-corrected chi connectivity index (χ0v) is 10.1. The third-order valence-corrected chi connectivity index (χ3v) is 3.28. The SMILES string of the molecule is O=S(=O)(O)C/C=C/c1ccc(S(=O)(=O)O)cc1. The molecule has 0 amide bonds. The fraction of sp³-hybridized carbons (Fsp3) is 0.111. The Bertz CT molecular complexity index is 610. The molecular weight excluding hydrogens is 268 g/mol. The van der Waals surface area contributed by atoms with E-state index in [1.54, 1.807) is 0 Å². The molecule has 0 aliphatic rings. The van der Waals surface area contributed by atoms with Crippen molar-refractivity contribution in [3.05, 3.63) is 35.9 Å². The smallest absolute Gasteiger partial charge is 0.285 e. The van der Waals surface area contributed by atoms with Crippen LogP contribution < -0.4 is 0 Å². The van der Waals surface area contributed by atoms with Gasteiger partial charge >= 0.3 is 0 Å². The topological polar surface area (TPSA) is 109 Å². The molecule has 0 radical (unpaired) electrons. The summed E-state index contributed by atoms with van der Waals surface area (Å²) in [6, 6.07) is 5.15. The molecule has 0 spiro atoms. The predicted molar refractivity (Wildman–Crippen MR) is 61.7 cm³/mol. The fourth-order valence-corrected chi connectivity index (χ4v) is 1.88. The van der Waals surface area contributed by atoms with Crippen LogP contribution >= 0.6 is 0 Å². The van der Waals surface area contributed by atoms with Crippen LogP contribution in [0, 0.1) is 0 Å². The van der Waals surface area contributed by atoms with Crippen molar-refractivity contribution >= 4 is 26.3 Å². The summed E-state index contributed by atoms with van der Waals surface area (Å²) >= 11 is 0. The Morgan fingerprint density at radius 2 is 1.53 bits per heavy atom. The third-order valence-electron chi connectivity index (χ3n) is 1.80. The highest BCUT2D eigenvalue weighted by atomic mass is 32.2. The second-order valence-electron chi connectivity index (χ2n) is 3.20. The molecular formula is C9H10O6S2. The maximum Gasteiger partial charge on any atom is 0.294 e. The van der Waals surface area contributed by atoms with Gasteiger partial charge in [-0.15, -0.1) is 0 Å². The van der Waals surface area contributed by atoms with Crippen molar-refractivity contribution in [3.63, 3.8) is 0 Å². The molecule has 6 nitrogen and oxygen atoms in total. The van der Waals surface area contributed by atoms with E-state index in [1.807, 2.05) is 0 Å². The molecule has 0 bridgehead atoms. The summed E-state index contributed by atoms with van der Waals surface area (Å²) in [5, 5.41) is 0. The van der Waals surface area contributed by atoms with Crippen LogP contribution in [0.25, 0.3) is 6.08 Å². The quantitative estimate of drug-likeness (QED) is 0.790. The van der Waals surface area contributed by atoms with Crippen molar-refractivity contribution in [1.82, 2.24) is 0 Å². The van der Waals surface area contributed by atoms with Gasteiger partial charge in [-0.3, -0.25) is 9.11 Å². The molecule has 0 unspecified atom stereocenters. The van der Waals surface area contributed by atoms with Gasteiger partial charge in [0.25, 0.3) is 20.2 Å². The van der Waals surface area contributed by atoms with E-state index in [-0.39, 0.29) is 4.90 Å². The molecule has 1 aromatic rings. The summed E-state index contributed by atoms with van der Waals surface area (Å²) in [5.41, 5.74) is 0.543. The highest BCUT2D eigenvalue weighted by molar-refractivity contribution is 7.86. The number of rotatable bonds is 4. The monoisotopic (exact) mass is 278 g/mol. The van der Waals surface area contributed by atoms with E-state index in [0.29, 0.717) is 5.56 Å². The zero-order valence-electron chi connectivity index (χ0n) is 8.52. The Morgan fingerprint density at radius 1 is 1.00 bits per heavy atom. The van der Waals surface area contributed by atoms with Crippen LogP contribution in [-0.4, -0.2) is 31.7 Å². The molecule has 17 heavy (non-hydrogen) atoms. The van der Waals surface area contributed by atoms with E-state index < -0.39 is 26.0 Å². The summed E-state index contributed by atoms with van der Waals surface area (Å²) in [4.78, 5) is -0.246. The fourth-order valence-electron chi connectivity index (χ4n) is 1.06. The van der Waals surface area contributed by atoms with Gasteiger partial charge in [-0.05, 0) is 17.7 Å². The van der Waals surface area contributed by atoms with Gasteiger partial charge in [-0.1, -0.05) is 24.3 Å². The molecule has 0 aliphatic heterocycles. The van der Waals surface area contributed by atoms with Crippen LogP contribution in [0.1, 0.15) is 5.56 Å². The van der Waals surface area contributed by atoms with Gasteiger partial charge in [0.1, 0.15) is 0 Å². The first kappa shape index (κ1) is 13.8. The van der Waals surface area contributed by atoms with Crippen LogP contribution in [0.5, 0.6) is 0 Å². The standard InChI is InChI=1S/C9H10O6S2/c10-16(11,12)7-1-2-8-3-5-9(6-4-8)17(13,14)15/h1-6H,7H2,(H,10,11,12)(H,13,14,15)/b2-1+. The van der Waals surface area contributed by atoms with Crippen LogP contribution in [0.15, 0.2) is 35.2 Å². The van der Waals surface area contributed by atoms with Crippen molar-refractivity contribution in [2.75, 3.05) is 5.75 Å². The lowest BCUT2D eigenvalue weighted by molar-refractivity contribution is 0.482. The Labute approximate surface area is 99.1 Å².